The second kappa shape index (κ2) is 29.9. The predicted molar refractivity (Wildman–Crippen MR) is 188 cm³/mol. The lowest BCUT2D eigenvalue weighted by molar-refractivity contribution is -0.887. The molecule has 1 N–H and O–H groups in total. The minimum atomic E-state index is -0.888. The second-order valence-electron chi connectivity index (χ2n) is 13.1. The standard InChI is InChI=1S/C38H67NO7/c1-6-8-10-12-14-16-17-18-19-21-22-24-26-28-36(40)45-33-34(32-44-31-30-35(38(42)43)39(3,4)5)46-37(41)29-27-25-23-20-15-13-11-9-7-2/h18-20,22-24,34-35H,6-17,21,25-33H2,1-5H3/p+1/b19-18+,23-20+,24-22+. The fraction of sp³-hybridized carbons (Fsp3) is 0.763. The summed E-state index contributed by atoms with van der Waals surface area (Å²) in [6, 6.07) is -0.623. The van der Waals surface area contributed by atoms with Crippen molar-refractivity contribution in [3.8, 4) is 0 Å². The molecule has 46 heavy (non-hydrogen) atoms. The number of unbranched alkanes of at least 4 members (excludes halogenated alkanes) is 11. The number of rotatable bonds is 31. The van der Waals surface area contributed by atoms with Gasteiger partial charge in [0.1, 0.15) is 6.61 Å². The smallest absolute Gasteiger partial charge is 0.362 e. The second-order valence-corrected chi connectivity index (χ2v) is 13.1. The van der Waals surface area contributed by atoms with Crippen LogP contribution in [0.4, 0.5) is 0 Å². The van der Waals surface area contributed by atoms with Crippen LogP contribution in [0.5, 0.6) is 0 Å². The molecule has 0 saturated carbocycles. The SMILES string of the molecule is CCCCCC/C=C/CCCC(=O)OC(COCCC(C(=O)O)[N+](C)(C)C)COC(=O)CC/C=C/C/C=C/CCCCCCCC. The first kappa shape index (κ1) is 43.5. The first-order valence-corrected chi connectivity index (χ1v) is 18.0. The Morgan fingerprint density at radius 2 is 1.20 bits per heavy atom. The van der Waals surface area contributed by atoms with Crippen LogP contribution in [0.15, 0.2) is 36.5 Å². The molecule has 0 rings (SSSR count). The number of likely N-dealkylation sites (N-methyl/N-ethyl adjacent to an activating group) is 1. The molecule has 0 bridgehead atoms. The van der Waals surface area contributed by atoms with Crippen molar-refractivity contribution in [3.63, 3.8) is 0 Å². The van der Waals surface area contributed by atoms with Crippen LogP contribution in [-0.4, -0.2) is 80.6 Å². The maximum Gasteiger partial charge on any atom is 0.362 e. The van der Waals surface area contributed by atoms with Gasteiger partial charge in [-0.15, -0.1) is 0 Å². The summed E-state index contributed by atoms with van der Waals surface area (Å²) in [5.74, 6) is -1.60. The van der Waals surface area contributed by atoms with E-state index in [9.17, 15) is 19.5 Å². The molecule has 0 aromatic rings. The van der Waals surface area contributed by atoms with Crippen molar-refractivity contribution < 1.29 is 38.2 Å². The highest BCUT2D eigenvalue weighted by molar-refractivity contribution is 5.72. The first-order chi connectivity index (χ1) is 22.1. The number of esters is 2. The van der Waals surface area contributed by atoms with Crippen LogP contribution >= 0.6 is 0 Å². The molecule has 0 aliphatic heterocycles. The van der Waals surface area contributed by atoms with Gasteiger partial charge in [0.25, 0.3) is 0 Å². The molecule has 2 unspecified atom stereocenters. The van der Waals surface area contributed by atoms with Gasteiger partial charge in [-0.2, -0.15) is 0 Å². The molecule has 0 saturated heterocycles. The number of carbonyl (C=O) groups is 3. The zero-order valence-electron chi connectivity index (χ0n) is 30.0. The lowest BCUT2D eigenvalue weighted by Gasteiger charge is -2.31. The number of ether oxygens (including phenoxy) is 3. The minimum absolute atomic E-state index is 0.0329. The Kier molecular flexibility index (Phi) is 28.3. The van der Waals surface area contributed by atoms with E-state index in [4.69, 9.17) is 14.2 Å². The van der Waals surface area contributed by atoms with Gasteiger partial charge in [-0.05, 0) is 51.4 Å². The van der Waals surface area contributed by atoms with Crippen LogP contribution in [0.3, 0.4) is 0 Å². The number of carbonyl (C=O) groups excluding carboxylic acids is 2. The van der Waals surface area contributed by atoms with Gasteiger partial charge >= 0.3 is 17.9 Å². The fourth-order valence-electron chi connectivity index (χ4n) is 4.91. The van der Waals surface area contributed by atoms with Crippen molar-refractivity contribution >= 4 is 17.9 Å². The average molecular weight is 651 g/mol. The van der Waals surface area contributed by atoms with Crippen molar-refractivity contribution in [3.05, 3.63) is 36.5 Å². The summed E-state index contributed by atoms with van der Waals surface area (Å²) >= 11 is 0. The molecule has 0 amide bonds. The van der Waals surface area contributed by atoms with Gasteiger partial charge < -0.3 is 23.8 Å². The number of nitrogens with zero attached hydrogens (tertiary/aromatic N) is 1. The molecule has 2 atom stereocenters. The molecule has 0 aromatic heterocycles. The molecular weight excluding hydrogens is 582 g/mol. The van der Waals surface area contributed by atoms with Crippen LogP contribution in [0.2, 0.25) is 0 Å². The van der Waals surface area contributed by atoms with Gasteiger partial charge in [0.2, 0.25) is 0 Å². The maximum absolute atomic E-state index is 12.5. The van der Waals surface area contributed by atoms with E-state index in [1.807, 2.05) is 27.2 Å². The van der Waals surface area contributed by atoms with Crippen LogP contribution < -0.4 is 0 Å². The van der Waals surface area contributed by atoms with Gasteiger partial charge in [-0.1, -0.05) is 102 Å². The van der Waals surface area contributed by atoms with Crippen molar-refractivity contribution in [2.45, 2.75) is 148 Å². The van der Waals surface area contributed by atoms with E-state index in [1.54, 1.807) is 0 Å². The van der Waals surface area contributed by atoms with Crippen molar-refractivity contribution in [2.75, 3.05) is 41.0 Å². The van der Waals surface area contributed by atoms with Gasteiger partial charge in [-0.25, -0.2) is 4.79 Å². The van der Waals surface area contributed by atoms with Crippen molar-refractivity contribution in [1.29, 1.82) is 0 Å². The van der Waals surface area contributed by atoms with E-state index < -0.39 is 18.1 Å². The summed E-state index contributed by atoms with van der Waals surface area (Å²) in [7, 11) is 5.48. The Morgan fingerprint density at radius 1 is 0.652 bits per heavy atom. The largest absolute Gasteiger partial charge is 0.477 e. The first-order valence-electron chi connectivity index (χ1n) is 18.0. The topological polar surface area (TPSA) is 99.1 Å². The van der Waals surface area contributed by atoms with E-state index in [0.717, 1.165) is 25.7 Å². The highest BCUT2D eigenvalue weighted by atomic mass is 16.6. The highest BCUT2D eigenvalue weighted by Gasteiger charge is 2.31. The van der Waals surface area contributed by atoms with Crippen LogP contribution in [0, 0.1) is 0 Å². The van der Waals surface area contributed by atoms with E-state index in [-0.39, 0.29) is 49.1 Å². The monoisotopic (exact) mass is 650 g/mol. The van der Waals surface area contributed by atoms with Crippen LogP contribution in [0.25, 0.3) is 0 Å². The maximum atomic E-state index is 12.5. The fourth-order valence-corrected chi connectivity index (χ4v) is 4.91. The number of allylic oxidation sites excluding steroid dienone is 6. The average Bonchev–Trinajstić information content (AvgIpc) is 3.00. The minimum Gasteiger partial charge on any atom is -0.477 e. The predicted octanol–water partition coefficient (Wildman–Crippen LogP) is 8.74. The number of hydrogen-bond donors (Lipinski definition) is 1. The molecule has 0 fully saturated rings. The summed E-state index contributed by atoms with van der Waals surface area (Å²) in [5, 5.41) is 9.55. The number of quaternary nitrogens is 1. The lowest BCUT2D eigenvalue weighted by Crippen LogP contribution is -2.50. The number of hydrogen-bond acceptors (Lipinski definition) is 6. The Morgan fingerprint density at radius 3 is 1.80 bits per heavy atom. The van der Waals surface area contributed by atoms with Crippen molar-refractivity contribution in [1.82, 2.24) is 0 Å². The van der Waals surface area contributed by atoms with Crippen LogP contribution in [-0.2, 0) is 28.6 Å². The van der Waals surface area contributed by atoms with E-state index >= 15 is 0 Å². The molecule has 266 valence electrons. The third-order valence-corrected chi connectivity index (χ3v) is 7.78. The molecule has 0 spiro atoms. The molecule has 0 heterocycles. The van der Waals surface area contributed by atoms with Crippen LogP contribution in [0.1, 0.15) is 136 Å². The van der Waals surface area contributed by atoms with E-state index in [0.29, 0.717) is 19.3 Å². The Labute approximate surface area is 281 Å². The van der Waals surface area contributed by atoms with Crippen molar-refractivity contribution in [2.24, 2.45) is 0 Å². The quantitative estimate of drug-likeness (QED) is 0.0347. The molecule has 0 aromatic carbocycles. The van der Waals surface area contributed by atoms with Gasteiger partial charge in [0, 0.05) is 19.3 Å². The summed E-state index contributed by atoms with van der Waals surface area (Å²) in [5.41, 5.74) is 0. The van der Waals surface area contributed by atoms with E-state index in [2.05, 4.69) is 44.2 Å². The molecular formula is C38H68NO7+. The number of aliphatic carboxylic acids is 1. The summed E-state index contributed by atoms with van der Waals surface area (Å²) in [6.07, 6.45) is 30.7. The normalized spacial score (nSPS) is 13.5. The third kappa shape index (κ3) is 27.8. The molecule has 0 aliphatic rings. The Bertz CT molecular complexity index is 860. The summed E-state index contributed by atoms with van der Waals surface area (Å²) < 4.78 is 17.0. The highest BCUT2D eigenvalue weighted by Crippen LogP contribution is 2.11. The molecule has 0 aliphatic carbocycles. The lowest BCUT2D eigenvalue weighted by atomic mass is 10.1. The third-order valence-electron chi connectivity index (χ3n) is 7.78. The summed E-state index contributed by atoms with van der Waals surface area (Å²) in [6.45, 7) is 4.57. The number of carboxylic acid groups (broad SMARTS) is 1. The molecule has 0 radical (unpaired) electrons. The molecule has 8 nitrogen and oxygen atoms in total. The van der Waals surface area contributed by atoms with Gasteiger partial charge in [0.15, 0.2) is 12.1 Å². The number of carboxylic acids is 1. The van der Waals surface area contributed by atoms with E-state index in [1.165, 1.54) is 64.2 Å². The van der Waals surface area contributed by atoms with Gasteiger partial charge in [0.05, 0.1) is 34.4 Å². The summed E-state index contributed by atoms with van der Waals surface area (Å²) in [4.78, 5) is 36.6. The van der Waals surface area contributed by atoms with Gasteiger partial charge in [-0.3, -0.25) is 9.59 Å². The zero-order chi connectivity index (χ0) is 34.3. The molecule has 8 heteroatoms. The Hall–Kier alpha value is -2.45. The zero-order valence-corrected chi connectivity index (χ0v) is 30.0. The Balaban J connectivity index is 4.56.